The van der Waals surface area contributed by atoms with Crippen LogP contribution in [0.15, 0.2) is 60.1 Å². The van der Waals surface area contributed by atoms with Crippen molar-refractivity contribution in [2.75, 3.05) is 0 Å². The number of fused-ring (bicyclic) bond motifs is 1. The topological polar surface area (TPSA) is 30.2 Å². The molecule has 0 saturated carbocycles. The summed E-state index contributed by atoms with van der Waals surface area (Å²) in [5.74, 6) is 0.842. The van der Waals surface area contributed by atoms with E-state index in [0.717, 1.165) is 22.1 Å². The molecule has 0 saturated heterocycles. The molecule has 17 heavy (non-hydrogen) atoms. The van der Waals surface area contributed by atoms with Gasteiger partial charge in [0.1, 0.15) is 0 Å². The molecule has 0 amide bonds. The Morgan fingerprint density at radius 1 is 1.06 bits per heavy atom. The van der Waals surface area contributed by atoms with Crippen LogP contribution >= 0.6 is 11.8 Å². The summed E-state index contributed by atoms with van der Waals surface area (Å²) in [5.41, 5.74) is 2.20. The van der Waals surface area contributed by atoms with Gasteiger partial charge in [-0.2, -0.15) is 0 Å². The maximum Gasteiger partial charge on any atom is 0.172 e. The van der Waals surface area contributed by atoms with Crippen LogP contribution in [0.1, 0.15) is 5.69 Å². The maximum atomic E-state index is 4.41. The number of nitrogens with zero attached hydrogens (tertiary/aromatic N) is 3. The van der Waals surface area contributed by atoms with Crippen LogP contribution in [-0.2, 0) is 5.75 Å². The lowest BCUT2D eigenvalue weighted by Gasteiger charge is -2.00. The Balaban J connectivity index is 1.82. The van der Waals surface area contributed by atoms with Crippen molar-refractivity contribution >= 4 is 17.3 Å². The molecule has 3 aromatic rings. The number of hydrogen-bond donors (Lipinski definition) is 0. The van der Waals surface area contributed by atoms with Crippen molar-refractivity contribution in [3.63, 3.8) is 0 Å². The lowest BCUT2D eigenvalue weighted by Crippen LogP contribution is -1.89. The normalized spacial score (nSPS) is 10.8. The summed E-state index contributed by atoms with van der Waals surface area (Å²) in [6.07, 6.45) is 5.74. The van der Waals surface area contributed by atoms with Gasteiger partial charge in [0.2, 0.25) is 0 Å². The number of hydrogen-bond acceptors (Lipinski definition) is 3. The molecule has 0 spiro atoms. The lowest BCUT2D eigenvalue weighted by atomic mass is 10.4. The van der Waals surface area contributed by atoms with Crippen LogP contribution in [0.4, 0.5) is 0 Å². The van der Waals surface area contributed by atoms with Crippen LogP contribution < -0.4 is 0 Å². The van der Waals surface area contributed by atoms with Crippen LogP contribution in [0.2, 0.25) is 0 Å². The molecule has 3 heterocycles. The zero-order valence-corrected chi connectivity index (χ0v) is 9.97. The number of imidazole rings is 1. The fourth-order valence-corrected chi connectivity index (χ4v) is 2.53. The first-order valence-corrected chi connectivity index (χ1v) is 6.37. The minimum Gasteiger partial charge on any atom is -0.295 e. The molecule has 3 rings (SSSR count). The average molecular weight is 241 g/mol. The molecule has 0 aliphatic rings. The van der Waals surface area contributed by atoms with Crippen LogP contribution in [0.5, 0.6) is 0 Å². The summed E-state index contributed by atoms with van der Waals surface area (Å²) in [6, 6.07) is 12.1. The van der Waals surface area contributed by atoms with Crippen LogP contribution in [0.3, 0.4) is 0 Å². The molecule has 0 radical (unpaired) electrons. The standard InChI is InChI=1S/C13H11N3S/c1-3-7-14-11(5-1)10-17-13-15-9-12-6-2-4-8-16(12)13/h1-9H,10H2. The summed E-state index contributed by atoms with van der Waals surface area (Å²) in [4.78, 5) is 8.71. The molecule has 4 heteroatoms. The van der Waals surface area contributed by atoms with E-state index in [2.05, 4.69) is 20.4 Å². The molecule has 0 atom stereocenters. The highest BCUT2D eigenvalue weighted by atomic mass is 32.2. The number of thioether (sulfide) groups is 1. The molecule has 3 aromatic heterocycles. The Morgan fingerprint density at radius 2 is 2.00 bits per heavy atom. The second-order valence-electron chi connectivity index (χ2n) is 3.65. The Bertz CT molecular complexity index is 619. The summed E-state index contributed by atoms with van der Waals surface area (Å²) in [7, 11) is 0. The maximum absolute atomic E-state index is 4.41. The largest absolute Gasteiger partial charge is 0.295 e. The number of pyridine rings is 2. The number of aromatic nitrogens is 3. The van der Waals surface area contributed by atoms with Gasteiger partial charge in [-0.1, -0.05) is 23.9 Å². The average Bonchev–Trinajstić information content (AvgIpc) is 2.81. The summed E-state index contributed by atoms with van der Waals surface area (Å²) in [6.45, 7) is 0. The fraction of sp³-hybridized carbons (Fsp3) is 0.0769. The fourth-order valence-electron chi connectivity index (χ4n) is 1.65. The van der Waals surface area contributed by atoms with Gasteiger partial charge in [-0.05, 0) is 24.3 Å². The van der Waals surface area contributed by atoms with Gasteiger partial charge < -0.3 is 0 Å². The molecule has 3 nitrogen and oxygen atoms in total. The van der Waals surface area contributed by atoms with E-state index in [1.54, 1.807) is 11.8 Å². The Hall–Kier alpha value is -1.81. The molecule has 0 bridgehead atoms. The second-order valence-corrected chi connectivity index (χ2v) is 4.59. The van der Waals surface area contributed by atoms with Crippen molar-refractivity contribution < 1.29 is 0 Å². The minimum absolute atomic E-state index is 0.842. The van der Waals surface area contributed by atoms with E-state index in [4.69, 9.17) is 0 Å². The molecular weight excluding hydrogens is 230 g/mol. The smallest absolute Gasteiger partial charge is 0.172 e. The molecule has 84 valence electrons. The van der Waals surface area contributed by atoms with Gasteiger partial charge in [0.05, 0.1) is 17.4 Å². The van der Waals surface area contributed by atoms with E-state index in [1.807, 2.05) is 48.9 Å². The monoisotopic (exact) mass is 241 g/mol. The molecule has 0 fully saturated rings. The summed E-state index contributed by atoms with van der Waals surface area (Å²) in [5, 5.41) is 1.01. The Labute approximate surface area is 104 Å². The van der Waals surface area contributed by atoms with Crippen molar-refractivity contribution in [2.45, 2.75) is 10.9 Å². The molecule has 0 N–H and O–H groups in total. The van der Waals surface area contributed by atoms with E-state index in [1.165, 1.54) is 0 Å². The van der Waals surface area contributed by atoms with Crippen LogP contribution in [0, 0.1) is 0 Å². The SMILES string of the molecule is c1ccc(CSc2ncc3ccccn23)nc1. The van der Waals surface area contributed by atoms with E-state index in [-0.39, 0.29) is 0 Å². The molecule has 0 unspecified atom stereocenters. The quantitative estimate of drug-likeness (QED) is 0.660. The van der Waals surface area contributed by atoms with Gasteiger partial charge in [0.25, 0.3) is 0 Å². The van der Waals surface area contributed by atoms with Gasteiger partial charge in [0, 0.05) is 18.1 Å². The third kappa shape index (κ3) is 2.17. The van der Waals surface area contributed by atoms with Gasteiger partial charge in [-0.15, -0.1) is 0 Å². The highest BCUT2D eigenvalue weighted by Crippen LogP contribution is 2.21. The number of rotatable bonds is 3. The Morgan fingerprint density at radius 3 is 2.88 bits per heavy atom. The highest BCUT2D eigenvalue weighted by Gasteiger charge is 2.03. The third-order valence-electron chi connectivity index (χ3n) is 2.48. The first-order valence-electron chi connectivity index (χ1n) is 5.38. The van der Waals surface area contributed by atoms with E-state index >= 15 is 0 Å². The van der Waals surface area contributed by atoms with Crippen LogP contribution in [-0.4, -0.2) is 14.4 Å². The van der Waals surface area contributed by atoms with E-state index in [0.29, 0.717) is 0 Å². The van der Waals surface area contributed by atoms with Crippen molar-refractivity contribution in [1.29, 1.82) is 0 Å². The predicted molar refractivity (Wildman–Crippen MR) is 69.0 cm³/mol. The van der Waals surface area contributed by atoms with E-state index in [9.17, 15) is 0 Å². The Kier molecular flexibility index (Phi) is 2.80. The first kappa shape index (κ1) is 10.4. The molecule has 0 aliphatic carbocycles. The van der Waals surface area contributed by atoms with Gasteiger partial charge in [0.15, 0.2) is 5.16 Å². The predicted octanol–water partition coefficient (Wildman–Crippen LogP) is 3.02. The molecule has 0 aromatic carbocycles. The van der Waals surface area contributed by atoms with Gasteiger partial charge >= 0.3 is 0 Å². The first-order chi connectivity index (χ1) is 8.43. The third-order valence-corrected chi connectivity index (χ3v) is 3.48. The zero-order valence-electron chi connectivity index (χ0n) is 9.15. The second kappa shape index (κ2) is 4.59. The van der Waals surface area contributed by atoms with Gasteiger partial charge in [-0.25, -0.2) is 4.98 Å². The highest BCUT2D eigenvalue weighted by molar-refractivity contribution is 7.98. The summed E-state index contributed by atoms with van der Waals surface area (Å²) < 4.78 is 2.09. The molecular formula is C13H11N3S. The zero-order chi connectivity index (χ0) is 11.5. The van der Waals surface area contributed by atoms with Crippen LogP contribution in [0.25, 0.3) is 5.52 Å². The summed E-state index contributed by atoms with van der Waals surface area (Å²) >= 11 is 1.70. The minimum atomic E-state index is 0.842. The van der Waals surface area contributed by atoms with Crippen molar-refractivity contribution in [2.24, 2.45) is 0 Å². The van der Waals surface area contributed by atoms with Crippen molar-refractivity contribution in [3.8, 4) is 0 Å². The lowest BCUT2D eigenvalue weighted by molar-refractivity contribution is 0.956. The van der Waals surface area contributed by atoms with Crippen molar-refractivity contribution in [3.05, 3.63) is 60.7 Å². The van der Waals surface area contributed by atoms with Gasteiger partial charge in [-0.3, -0.25) is 9.38 Å². The molecule has 0 aliphatic heterocycles. The van der Waals surface area contributed by atoms with Crippen molar-refractivity contribution in [1.82, 2.24) is 14.4 Å². The van der Waals surface area contributed by atoms with E-state index < -0.39 is 0 Å².